The number of thioether (sulfide) groups is 2. The van der Waals surface area contributed by atoms with Crippen molar-refractivity contribution in [2.75, 3.05) is 22.6 Å². The highest BCUT2D eigenvalue weighted by molar-refractivity contribution is 8.07. The smallest absolute Gasteiger partial charge is 0.239 e. The second-order valence-corrected chi connectivity index (χ2v) is 7.15. The highest BCUT2D eigenvalue weighted by Crippen LogP contribution is 2.28. The van der Waals surface area contributed by atoms with Crippen molar-refractivity contribution < 1.29 is 4.79 Å². The molecule has 1 saturated heterocycles. The Morgan fingerprint density at radius 3 is 2.76 bits per heavy atom. The standard InChI is InChI=1S/C16H16N2OS2/c19-16(14-11-20-9-10-21-14)18-15-13(7-4-8-17-15)12-5-2-1-3-6-12/h1-8,14H,9-11H2,(H,17,18,19). The van der Waals surface area contributed by atoms with Gasteiger partial charge in [-0.1, -0.05) is 30.3 Å². The van der Waals surface area contributed by atoms with E-state index in [1.165, 1.54) is 0 Å². The molecule has 0 spiro atoms. The predicted molar refractivity (Wildman–Crippen MR) is 91.9 cm³/mol. The Kier molecular flexibility index (Phi) is 4.83. The maximum Gasteiger partial charge on any atom is 0.239 e. The van der Waals surface area contributed by atoms with E-state index < -0.39 is 0 Å². The van der Waals surface area contributed by atoms with Crippen molar-refractivity contribution in [1.82, 2.24) is 4.98 Å². The third kappa shape index (κ3) is 3.60. The van der Waals surface area contributed by atoms with Crippen molar-refractivity contribution in [2.45, 2.75) is 5.25 Å². The van der Waals surface area contributed by atoms with Gasteiger partial charge in [0, 0.05) is 29.0 Å². The molecule has 1 unspecified atom stereocenters. The zero-order chi connectivity index (χ0) is 14.5. The second-order valence-electron chi connectivity index (χ2n) is 4.69. The molecular weight excluding hydrogens is 300 g/mol. The number of benzene rings is 1. The summed E-state index contributed by atoms with van der Waals surface area (Å²) in [7, 11) is 0. The van der Waals surface area contributed by atoms with Crippen LogP contribution in [0.4, 0.5) is 5.82 Å². The van der Waals surface area contributed by atoms with Crippen molar-refractivity contribution in [3.8, 4) is 11.1 Å². The first-order valence-corrected chi connectivity index (χ1v) is 9.05. The van der Waals surface area contributed by atoms with E-state index in [1.54, 1.807) is 18.0 Å². The van der Waals surface area contributed by atoms with E-state index >= 15 is 0 Å². The lowest BCUT2D eigenvalue weighted by molar-refractivity contribution is -0.115. The lowest BCUT2D eigenvalue weighted by atomic mass is 10.1. The monoisotopic (exact) mass is 316 g/mol. The number of hydrogen-bond donors (Lipinski definition) is 1. The molecular formula is C16H16N2OS2. The molecule has 0 bridgehead atoms. The quantitative estimate of drug-likeness (QED) is 0.940. The van der Waals surface area contributed by atoms with E-state index in [9.17, 15) is 4.79 Å². The van der Waals surface area contributed by atoms with Crippen molar-refractivity contribution in [3.05, 3.63) is 48.7 Å². The predicted octanol–water partition coefficient (Wildman–Crippen LogP) is 3.54. The third-order valence-electron chi connectivity index (χ3n) is 3.24. The van der Waals surface area contributed by atoms with Gasteiger partial charge in [0.05, 0.1) is 5.25 Å². The first kappa shape index (κ1) is 14.5. The van der Waals surface area contributed by atoms with Gasteiger partial charge < -0.3 is 5.32 Å². The molecule has 1 aliphatic rings. The second kappa shape index (κ2) is 7.00. The molecule has 2 heterocycles. The largest absolute Gasteiger partial charge is 0.309 e. The van der Waals surface area contributed by atoms with E-state index in [-0.39, 0.29) is 11.2 Å². The lowest BCUT2D eigenvalue weighted by Crippen LogP contribution is -2.30. The molecule has 1 atom stereocenters. The van der Waals surface area contributed by atoms with E-state index in [1.807, 2.05) is 54.2 Å². The lowest BCUT2D eigenvalue weighted by Gasteiger charge is -2.20. The zero-order valence-corrected chi connectivity index (χ0v) is 13.1. The van der Waals surface area contributed by atoms with Gasteiger partial charge in [0.15, 0.2) is 0 Å². The van der Waals surface area contributed by atoms with Gasteiger partial charge in [-0.15, -0.1) is 11.8 Å². The van der Waals surface area contributed by atoms with E-state index in [2.05, 4.69) is 10.3 Å². The van der Waals surface area contributed by atoms with E-state index in [0.29, 0.717) is 5.82 Å². The molecule has 1 fully saturated rings. The number of hydrogen-bond acceptors (Lipinski definition) is 4. The van der Waals surface area contributed by atoms with Gasteiger partial charge >= 0.3 is 0 Å². The van der Waals surface area contributed by atoms with Crippen molar-refractivity contribution in [3.63, 3.8) is 0 Å². The molecule has 0 aliphatic carbocycles. The molecule has 1 N–H and O–H groups in total. The van der Waals surface area contributed by atoms with Crippen LogP contribution in [0, 0.1) is 0 Å². The summed E-state index contributed by atoms with van der Waals surface area (Å²) in [5.41, 5.74) is 2.02. The van der Waals surface area contributed by atoms with Crippen LogP contribution in [0.5, 0.6) is 0 Å². The number of nitrogens with one attached hydrogen (secondary N) is 1. The van der Waals surface area contributed by atoms with E-state index in [4.69, 9.17) is 0 Å². The molecule has 21 heavy (non-hydrogen) atoms. The van der Waals surface area contributed by atoms with Crippen LogP contribution in [-0.2, 0) is 4.79 Å². The van der Waals surface area contributed by atoms with Crippen LogP contribution in [0.3, 0.4) is 0 Å². The fourth-order valence-corrected chi connectivity index (χ4v) is 4.75. The van der Waals surface area contributed by atoms with Crippen molar-refractivity contribution in [1.29, 1.82) is 0 Å². The Bertz CT molecular complexity index is 613. The minimum absolute atomic E-state index is 0.0226. The van der Waals surface area contributed by atoms with Crippen LogP contribution in [0.15, 0.2) is 48.7 Å². The summed E-state index contributed by atoms with van der Waals surface area (Å²) >= 11 is 3.57. The van der Waals surface area contributed by atoms with Crippen molar-refractivity contribution >= 4 is 35.2 Å². The van der Waals surface area contributed by atoms with Crippen LogP contribution in [0.1, 0.15) is 0 Å². The minimum atomic E-state index is 0.0226. The first-order valence-electron chi connectivity index (χ1n) is 6.85. The maximum absolute atomic E-state index is 12.4. The van der Waals surface area contributed by atoms with Crippen LogP contribution >= 0.6 is 23.5 Å². The molecule has 0 radical (unpaired) electrons. The summed E-state index contributed by atoms with van der Waals surface area (Å²) in [6.07, 6.45) is 1.71. The zero-order valence-electron chi connectivity index (χ0n) is 11.5. The van der Waals surface area contributed by atoms with Crippen LogP contribution < -0.4 is 5.32 Å². The summed E-state index contributed by atoms with van der Waals surface area (Å²) in [5.74, 6) is 3.75. The summed E-state index contributed by atoms with van der Waals surface area (Å²) in [6, 6.07) is 13.9. The number of carbonyl (C=O) groups is 1. The van der Waals surface area contributed by atoms with Gasteiger partial charge in [-0.25, -0.2) is 4.98 Å². The number of rotatable bonds is 3. The third-order valence-corrected chi connectivity index (χ3v) is 6.00. The molecule has 1 aliphatic heterocycles. The van der Waals surface area contributed by atoms with Gasteiger partial charge in [0.25, 0.3) is 0 Å². The van der Waals surface area contributed by atoms with Gasteiger partial charge in [-0.2, -0.15) is 11.8 Å². The Morgan fingerprint density at radius 2 is 2.00 bits per heavy atom. The van der Waals surface area contributed by atoms with Gasteiger partial charge in [-0.05, 0) is 17.7 Å². The molecule has 1 aromatic carbocycles. The molecule has 2 aromatic rings. The average molecular weight is 316 g/mol. The van der Waals surface area contributed by atoms with Crippen LogP contribution in [-0.4, -0.2) is 33.4 Å². The number of nitrogens with zero attached hydrogens (tertiary/aromatic N) is 1. The van der Waals surface area contributed by atoms with Crippen LogP contribution in [0.25, 0.3) is 11.1 Å². The van der Waals surface area contributed by atoms with Gasteiger partial charge in [0.2, 0.25) is 5.91 Å². The highest BCUT2D eigenvalue weighted by atomic mass is 32.2. The summed E-state index contributed by atoms with van der Waals surface area (Å²) in [5, 5.41) is 3.02. The first-order chi connectivity index (χ1) is 10.3. The Labute approximate surface area is 132 Å². The maximum atomic E-state index is 12.4. The Hall–Kier alpha value is -1.46. The number of aromatic nitrogens is 1. The molecule has 5 heteroatoms. The molecule has 1 amide bonds. The summed E-state index contributed by atoms with van der Waals surface area (Å²) in [4.78, 5) is 16.7. The van der Waals surface area contributed by atoms with Gasteiger partial charge in [-0.3, -0.25) is 4.79 Å². The topological polar surface area (TPSA) is 42.0 Å². The normalized spacial score (nSPS) is 18.2. The van der Waals surface area contributed by atoms with Gasteiger partial charge in [0.1, 0.15) is 5.82 Å². The number of amides is 1. The average Bonchev–Trinajstić information content (AvgIpc) is 2.57. The Morgan fingerprint density at radius 1 is 1.14 bits per heavy atom. The molecule has 108 valence electrons. The SMILES string of the molecule is O=C(Nc1ncccc1-c1ccccc1)C1CSCCS1. The number of pyridine rings is 1. The summed E-state index contributed by atoms with van der Waals surface area (Å²) < 4.78 is 0. The minimum Gasteiger partial charge on any atom is -0.309 e. The van der Waals surface area contributed by atoms with E-state index in [0.717, 1.165) is 28.4 Å². The summed E-state index contributed by atoms with van der Waals surface area (Å²) in [6.45, 7) is 0. The Balaban J connectivity index is 1.81. The number of anilines is 1. The number of carbonyl (C=O) groups excluding carboxylic acids is 1. The fourth-order valence-electron chi connectivity index (χ4n) is 2.19. The van der Waals surface area contributed by atoms with Crippen LogP contribution in [0.2, 0.25) is 0 Å². The molecule has 3 rings (SSSR count). The molecule has 3 nitrogen and oxygen atoms in total. The highest BCUT2D eigenvalue weighted by Gasteiger charge is 2.23. The fraction of sp³-hybridized carbons (Fsp3) is 0.250. The van der Waals surface area contributed by atoms with Crippen molar-refractivity contribution in [2.24, 2.45) is 0 Å². The molecule has 1 aromatic heterocycles. The molecule has 0 saturated carbocycles.